The quantitative estimate of drug-likeness (QED) is 0.764. The van der Waals surface area contributed by atoms with Crippen LogP contribution in [0.1, 0.15) is 25.6 Å². The van der Waals surface area contributed by atoms with E-state index in [4.69, 9.17) is 0 Å². The van der Waals surface area contributed by atoms with Crippen LogP contribution in [0.3, 0.4) is 0 Å². The molecule has 110 valence electrons. The topological polar surface area (TPSA) is 70.1 Å². The molecule has 0 saturated carbocycles. The van der Waals surface area contributed by atoms with Gasteiger partial charge in [-0.25, -0.2) is 4.98 Å². The summed E-state index contributed by atoms with van der Waals surface area (Å²) in [5.74, 6) is 1.62. The highest BCUT2D eigenvalue weighted by Crippen LogP contribution is 2.31. The van der Waals surface area contributed by atoms with Crippen LogP contribution in [0, 0.1) is 5.92 Å². The van der Waals surface area contributed by atoms with Crippen molar-refractivity contribution in [1.29, 1.82) is 0 Å². The third-order valence-corrected chi connectivity index (χ3v) is 4.70. The predicted octanol–water partition coefficient (Wildman–Crippen LogP) is 2.72. The minimum atomic E-state index is 0.146. The van der Waals surface area contributed by atoms with E-state index in [1.165, 1.54) is 4.88 Å². The van der Waals surface area contributed by atoms with Crippen molar-refractivity contribution in [2.45, 2.75) is 33.2 Å². The molecule has 0 aliphatic carbocycles. The highest BCUT2D eigenvalue weighted by atomic mass is 32.1. The van der Waals surface area contributed by atoms with Crippen LogP contribution in [0.25, 0.3) is 10.2 Å². The van der Waals surface area contributed by atoms with Crippen LogP contribution in [0.4, 0.5) is 11.8 Å². The molecule has 0 fully saturated rings. The maximum absolute atomic E-state index is 9.26. The molecule has 0 bridgehead atoms. The third-order valence-electron chi connectivity index (χ3n) is 3.52. The smallest absolute Gasteiger partial charge is 0.225 e. The van der Waals surface area contributed by atoms with Crippen molar-refractivity contribution < 1.29 is 5.11 Å². The number of aliphatic hydroxyl groups excluding tert-OH is 1. The van der Waals surface area contributed by atoms with E-state index in [1.54, 1.807) is 11.3 Å². The molecule has 0 saturated heterocycles. The molecule has 2 unspecified atom stereocenters. The van der Waals surface area contributed by atoms with Crippen LogP contribution >= 0.6 is 11.3 Å². The van der Waals surface area contributed by atoms with Crippen LogP contribution in [-0.4, -0.2) is 34.8 Å². The zero-order valence-electron chi connectivity index (χ0n) is 12.4. The van der Waals surface area contributed by atoms with Crippen molar-refractivity contribution in [3.63, 3.8) is 0 Å². The highest BCUT2D eigenvalue weighted by molar-refractivity contribution is 7.18. The second kappa shape index (κ2) is 6.37. The molecule has 3 N–H and O–H groups in total. The number of hydrogen-bond acceptors (Lipinski definition) is 6. The fraction of sp³-hybridized carbons (Fsp3) is 0.571. The second-order valence-electron chi connectivity index (χ2n) is 5.02. The van der Waals surface area contributed by atoms with Crippen LogP contribution < -0.4 is 10.6 Å². The van der Waals surface area contributed by atoms with E-state index in [0.717, 1.165) is 22.5 Å². The van der Waals surface area contributed by atoms with E-state index in [-0.39, 0.29) is 18.6 Å². The summed E-state index contributed by atoms with van der Waals surface area (Å²) < 4.78 is 0. The van der Waals surface area contributed by atoms with Gasteiger partial charge in [0.15, 0.2) is 0 Å². The number of fused-ring (bicyclic) bond motifs is 1. The van der Waals surface area contributed by atoms with Crippen molar-refractivity contribution in [2.24, 2.45) is 5.92 Å². The molecule has 20 heavy (non-hydrogen) atoms. The number of rotatable bonds is 6. The summed E-state index contributed by atoms with van der Waals surface area (Å²) in [7, 11) is 1.82. The Morgan fingerprint density at radius 2 is 2.10 bits per heavy atom. The monoisotopic (exact) mass is 294 g/mol. The Bertz CT molecular complexity index is 584. The molecular weight excluding hydrogens is 272 g/mol. The Morgan fingerprint density at radius 1 is 1.35 bits per heavy atom. The Hall–Kier alpha value is -1.40. The number of aliphatic hydroxyl groups is 1. The van der Waals surface area contributed by atoms with Gasteiger partial charge in [0.05, 0.1) is 5.39 Å². The largest absolute Gasteiger partial charge is 0.396 e. The van der Waals surface area contributed by atoms with Gasteiger partial charge >= 0.3 is 0 Å². The van der Waals surface area contributed by atoms with Gasteiger partial charge in [0, 0.05) is 24.6 Å². The summed E-state index contributed by atoms with van der Waals surface area (Å²) >= 11 is 1.70. The lowest BCUT2D eigenvalue weighted by Crippen LogP contribution is -2.26. The molecule has 2 heterocycles. The number of aryl methyl sites for hydroxylation is 1. The maximum Gasteiger partial charge on any atom is 0.225 e. The first-order chi connectivity index (χ1) is 9.58. The van der Waals surface area contributed by atoms with Gasteiger partial charge in [-0.3, -0.25) is 0 Å². The lowest BCUT2D eigenvalue weighted by molar-refractivity contribution is 0.226. The normalized spacial score (nSPS) is 14.2. The van der Waals surface area contributed by atoms with Gasteiger partial charge in [-0.2, -0.15) is 4.98 Å². The van der Waals surface area contributed by atoms with Gasteiger partial charge in [-0.05, 0) is 25.3 Å². The molecule has 5 nitrogen and oxygen atoms in total. The zero-order valence-corrected chi connectivity index (χ0v) is 13.2. The zero-order chi connectivity index (χ0) is 14.7. The molecule has 0 aliphatic heterocycles. The number of nitrogens with one attached hydrogen (secondary N) is 2. The molecule has 0 amide bonds. The Morgan fingerprint density at radius 3 is 2.70 bits per heavy atom. The third kappa shape index (κ3) is 3.02. The molecule has 2 atom stereocenters. The van der Waals surface area contributed by atoms with E-state index < -0.39 is 0 Å². The van der Waals surface area contributed by atoms with Gasteiger partial charge in [-0.1, -0.05) is 13.8 Å². The van der Waals surface area contributed by atoms with Gasteiger partial charge in [0.25, 0.3) is 0 Å². The van der Waals surface area contributed by atoms with Gasteiger partial charge in [0.1, 0.15) is 10.6 Å². The Balaban J connectivity index is 2.41. The molecular formula is C14H22N4OS. The first-order valence-corrected chi connectivity index (χ1v) is 7.76. The van der Waals surface area contributed by atoms with Crippen LogP contribution in [0.15, 0.2) is 6.07 Å². The molecule has 0 spiro atoms. The van der Waals surface area contributed by atoms with E-state index in [9.17, 15) is 5.11 Å². The van der Waals surface area contributed by atoms with Crippen molar-refractivity contribution in [3.8, 4) is 0 Å². The molecule has 2 aromatic heterocycles. The number of hydrogen-bond donors (Lipinski definition) is 3. The molecule has 2 rings (SSSR count). The summed E-state index contributed by atoms with van der Waals surface area (Å²) in [6.07, 6.45) is 0.998. The summed E-state index contributed by atoms with van der Waals surface area (Å²) in [5, 5.41) is 16.7. The fourth-order valence-corrected chi connectivity index (χ4v) is 2.85. The van der Waals surface area contributed by atoms with Crippen LogP contribution in [0.5, 0.6) is 0 Å². The lowest BCUT2D eigenvalue weighted by Gasteiger charge is -2.20. The molecule has 0 radical (unpaired) electrons. The minimum absolute atomic E-state index is 0.146. The predicted molar refractivity (Wildman–Crippen MR) is 85.7 cm³/mol. The van der Waals surface area contributed by atoms with Crippen molar-refractivity contribution in [2.75, 3.05) is 24.3 Å². The Labute approximate surface area is 123 Å². The van der Waals surface area contributed by atoms with Gasteiger partial charge in [-0.15, -0.1) is 11.3 Å². The molecule has 2 aromatic rings. The number of thiophene rings is 1. The van der Waals surface area contributed by atoms with Crippen molar-refractivity contribution in [3.05, 3.63) is 10.9 Å². The first kappa shape index (κ1) is 15.0. The maximum atomic E-state index is 9.26. The fourth-order valence-electron chi connectivity index (χ4n) is 1.88. The van der Waals surface area contributed by atoms with Gasteiger partial charge in [0.2, 0.25) is 5.95 Å². The van der Waals surface area contributed by atoms with E-state index in [1.807, 2.05) is 14.0 Å². The number of anilines is 2. The van der Waals surface area contributed by atoms with Gasteiger partial charge < -0.3 is 15.7 Å². The SMILES string of the molecule is CCc1cc2c(NC(C)C(C)CO)nc(NC)nc2s1. The average molecular weight is 294 g/mol. The molecule has 0 aliphatic rings. The summed E-state index contributed by atoms with van der Waals surface area (Å²) in [6.45, 7) is 6.37. The average Bonchev–Trinajstić information content (AvgIpc) is 2.89. The molecule has 0 aromatic carbocycles. The molecule has 6 heteroatoms. The first-order valence-electron chi connectivity index (χ1n) is 6.94. The summed E-state index contributed by atoms with van der Waals surface area (Å²) in [5.41, 5.74) is 0. The van der Waals surface area contributed by atoms with Crippen LogP contribution in [0.2, 0.25) is 0 Å². The minimum Gasteiger partial charge on any atom is -0.396 e. The van der Waals surface area contributed by atoms with Crippen molar-refractivity contribution >= 4 is 33.3 Å². The van der Waals surface area contributed by atoms with Crippen molar-refractivity contribution in [1.82, 2.24) is 9.97 Å². The standard InChI is InChI=1S/C14H22N4OS/c1-5-10-6-11-12(16-9(3)8(2)7-19)17-14(15-4)18-13(11)20-10/h6,8-9,19H,5,7H2,1-4H3,(H2,15,16,17,18). The second-order valence-corrected chi connectivity index (χ2v) is 6.14. The lowest BCUT2D eigenvalue weighted by atomic mass is 10.1. The number of aromatic nitrogens is 2. The van der Waals surface area contributed by atoms with E-state index in [2.05, 4.69) is 40.5 Å². The van der Waals surface area contributed by atoms with E-state index >= 15 is 0 Å². The summed E-state index contributed by atoms with van der Waals surface area (Å²) in [6, 6.07) is 2.30. The highest BCUT2D eigenvalue weighted by Gasteiger charge is 2.16. The van der Waals surface area contributed by atoms with E-state index in [0.29, 0.717) is 5.95 Å². The summed E-state index contributed by atoms with van der Waals surface area (Å²) in [4.78, 5) is 11.3. The number of nitrogens with zero attached hydrogens (tertiary/aromatic N) is 2. The van der Waals surface area contributed by atoms with Crippen LogP contribution in [-0.2, 0) is 6.42 Å². The Kier molecular flexibility index (Phi) is 4.77.